The van der Waals surface area contributed by atoms with Crippen LogP contribution in [0.1, 0.15) is 25.3 Å². The minimum absolute atomic E-state index is 0.155. The van der Waals surface area contributed by atoms with Crippen molar-refractivity contribution >= 4 is 27.3 Å². The van der Waals surface area contributed by atoms with Crippen molar-refractivity contribution in [3.8, 4) is 0 Å². The minimum atomic E-state index is -3.56. The van der Waals surface area contributed by atoms with E-state index in [-0.39, 0.29) is 24.8 Å². The first kappa shape index (κ1) is 19.0. The topological polar surface area (TPSA) is 66.5 Å². The number of carbonyl (C=O) groups is 1. The summed E-state index contributed by atoms with van der Waals surface area (Å²) >= 11 is 1.18. The number of halogens is 1. The SMILES string of the molecule is CC1(C(=O)NCc2ccc(F)cc2)CCCN(S(=O)(=O)c2cccs2)C1. The van der Waals surface area contributed by atoms with Crippen molar-refractivity contribution < 1.29 is 17.6 Å². The quantitative estimate of drug-likeness (QED) is 0.845. The van der Waals surface area contributed by atoms with E-state index in [2.05, 4.69) is 5.32 Å². The average molecular weight is 397 g/mol. The van der Waals surface area contributed by atoms with Gasteiger partial charge in [0.05, 0.1) is 5.41 Å². The number of hydrogen-bond donors (Lipinski definition) is 1. The van der Waals surface area contributed by atoms with Crippen LogP contribution in [0.3, 0.4) is 0 Å². The molecule has 1 N–H and O–H groups in total. The second-order valence-corrected chi connectivity index (χ2v) is 9.86. The first-order chi connectivity index (χ1) is 12.3. The van der Waals surface area contributed by atoms with Gasteiger partial charge in [-0.3, -0.25) is 4.79 Å². The number of thiophene rings is 1. The van der Waals surface area contributed by atoms with E-state index in [1.54, 1.807) is 36.6 Å². The Morgan fingerprint density at radius 3 is 2.69 bits per heavy atom. The Labute approximate surface area is 156 Å². The molecular weight excluding hydrogens is 375 g/mol. The van der Waals surface area contributed by atoms with Crippen LogP contribution in [-0.4, -0.2) is 31.7 Å². The molecule has 2 heterocycles. The summed E-state index contributed by atoms with van der Waals surface area (Å²) in [6.07, 6.45) is 1.25. The van der Waals surface area contributed by atoms with E-state index < -0.39 is 15.4 Å². The number of hydrogen-bond acceptors (Lipinski definition) is 4. The highest BCUT2D eigenvalue weighted by atomic mass is 32.2. The summed E-state index contributed by atoms with van der Waals surface area (Å²) in [4.78, 5) is 12.7. The fourth-order valence-electron chi connectivity index (χ4n) is 3.12. The smallest absolute Gasteiger partial charge is 0.252 e. The maximum Gasteiger partial charge on any atom is 0.252 e. The normalized spacial score (nSPS) is 21.5. The zero-order valence-electron chi connectivity index (χ0n) is 14.4. The van der Waals surface area contributed by atoms with Gasteiger partial charge in [-0.05, 0) is 48.9 Å². The Morgan fingerprint density at radius 2 is 2.04 bits per heavy atom. The summed E-state index contributed by atoms with van der Waals surface area (Å²) in [5.74, 6) is -0.512. The summed E-state index contributed by atoms with van der Waals surface area (Å²) in [6.45, 7) is 2.65. The molecule has 0 radical (unpaired) electrons. The number of piperidine rings is 1. The van der Waals surface area contributed by atoms with Gasteiger partial charge in [-0.15, -0.1) is 11.3 Å². The van der Waals surface area contributed by atoms with Crippen LogP contribution in [0.25, 0.3) is 0 Å². The molecule has 3 rings (SSSR count). The highest BCUT2D eigenvalue weighted by Crippen LogP contribution is 2.33. The molecule has 1 atom stereocenters. The van der Waals surface area contributed by atoms with E-state index in [9.17, 15) is 17.6 Å². The zero-order valence-corrected chi connectivity index (χ0v) is 16.1. The molecule has 1 aliphatic rings. The van der Waals surface area contributed by atoms with Crippen molar-refractivity contribution in [1.29, 1.82) is 0 Å². The molecule has 0 aliphatic carbocycles. The Hall–Kier alpha value is -1.77. The molecular formula is C18H21FN2O3S2. The molecule has 26 heavy (non-hydrogen) atoms. The zero-order chi connectivity index (χ0) is 18.8. The van der Waals surface area contributed by atoms with Gasteiger partial charge in [0, 0.05) is 19.6 Å². The van der Waals surface area contributed by atoms with Crippen LogP contribution in [0.2, 0.25) is 0 Å². The Bertz CT molecular complexity index is 866. The summed E-state index contributed by atoms with van der Waals surface area (Å²) in [5, 5.41) is 4.58. The summed E-state index contributed by atoms with van der Waals surface area (Å²) < 4.78 is 40.1. The van der Waals surface area contributed by atoms with Crippen molar-refractivity contribution in [2.45, 2.75) is 30.5 Å². The fraction of sp³-hybridized carbons (Fsp3) is 0.389. The largest absolute Gasteiger partial charge is 0.352 e. The summed E-state index contributed by atoms with van der Waals surface area (Å²) in [7, 11) is -3.56. The van der Waals surface area contributed by atoms with E-state index in [0.29, 0.717) is 23.6 Å². The highest BCUT2D eigenvalue weighted by molar-refractivity contribution is 7.91. The lowest BCUT2D eigenvalue weighted by Crippen LogP contribution is -2.51. The second kappa shape index (κ2) is 7.46. The summed E-state index contributed by atoms with van der Waals surface area (Å²) in [6, 6.07) is 9.22. The number of rotatable bonds is 5. The van der Waals surface area contributed by atoms with Crippen LogP contribution in [-0.2, 0) is 21.4 Å². The molecule has 8 heteroatoms. The number of nitrogens with zero attached hydrogens (tertiary/aromatic N) is 1. The monoisotopic (exact) mass is 396 g/mol. The van der Waals surface area contributed by atoms with E-state index in [0.717, 1.165) is 5.56 Å². The number of sulfonamides is 1. The maximum atomic E-state index is 13.0. The lowest BCUT2D eigenvalue weighted by molar-refractivity contribution is -0.132. The number of benzene rings is 1. The van der Waals surface area contributed by atoms with E-state index in [1.165, 1.54) is 27.8 Å². The molecule has 140 valence electrons. The third kappa shape index (κ3) is 3.97. The number of nitrogens with one attached hydrogen (secondary N) is 1. The van der Waals surface area contributed by atoms with Gasteiger partial charge in [-0.25, -0.2) is 12.8 Å². The molecule has 1 amide bonds. The van der Waals surface area contributed by atoms with Crippen LogP contribution in [0.15, 0.2) is 46.0 Å². The third-order valence-electron chi connectivity index (χ3n) is 4.67. The fourth-order valence-corrected chi connectivity index (χ4v) is 5.87. The lowest BCUT2D eigenvalue weighted by Gasteiger charge is -2.38. The molecule has 0 bridgehead atoms. The second-order valence-electron chi connectivity index (χ2n) is 6.74. The lowest BCUT2D eigenvalue weighted by atomic mass is 9.82. The van der Waals surface area contributed by atoms with Crippen molar-refractivity contribution in [3.63, 3.8) is 0 Å². The standard InChI is InChI=1S/C18H21FN2O3S2/c1-18(17(22)20-12-14-5-7-15(19)8-6-14)9-3-10-21(13-18)26(23,24)16-4-2-11-25-16/h2,4-8,11H,3,9-10,12-13H2,1H3,(H,20,22). The molecule has 5 nitrogen and oxygen atoms in total. The molecule has 0 spiro atoms. The molecule has 2 aromatic rings. The predicted octanol–water partition coefficient (Wildman–Crippen LogP) is 2.99. The Morgan fingerprint density at radius 1 is 1.31 bits per heavy atom. The van der Waals surface area contributed by atoms with Crippen LogP contribution < -0.4 is 5.32 Å². The number of amides is 1. The maximum absolute atomic E-state index is 13.0. The highest BCUT2D eigenvalue weighted by Gasteiger charge is 2.42. The first-order valence-corrected chi connectivity index (χ1v) is 10.7. The predicted molar refractivity (Wildman–Crippen MR) is 98.7 cm³/mol. The van der Waals surface area contributed by atoms with Crippen LogP contribution in [0.5, 0.6) is 0 Å². The molecule has 1 aliphatic heterocycles. The van der Waals surface area contributed by atoms with Gasteiger partial charge in [0.15, 0.2) is 0 Å². The van der Waals surface area contributed by atoms with Gasteiger partial charge < -0.3 is 5.32 Å². The molecule has 1 aromatic carbocycles. The first-order valence-electron chi connectivity index (χ1n) is 8.38. The van der Waals surface area contributed by atoms with Gasteiger partial charge >= 0.3 is 0 Å². The number of carbonyl (C=O) groups excluding carboxylic acids is 1. The van der Waals surface area contributed by atoms with Gasteiger partial charge in [-0.2, -0.15) is 4.31 Å². The van der Waals surface area contributed by atoms with Crippen molar-refractivity contribution in [2.75, 3.05) is 13.1 Å². The molecule has 1 saturated heterocycles. The van der Waals surface area contributed by atoms with Gasteiger partial charge in [-0.1, -0.05) is 18.2 Å². The van der Waals surface area contributed by atoms with Crippen LogP contribution in [0, 0.1) is 11.2 Å². The van der Waals surface area contributed by atoms with E-state index in [1.807, 2.05) is 0 Å². The minimum Gasteiger partial charge on any atom is -0.352 e. The van der Waals surface area contributed by atoms with Crippen molar-refractivity contribution in [3.05, 3.63) is 53.2 Å². The average Bonchev–Trinajstić information content (AvgIpc) is 3.16. The van der Waals surface area contributed by atoms with E-state index in [4.69, 9.17) is 0 Å². The van der Waals surface area contributed by atoms with Gasteiger partial charge in [0.25, 0.3) is 10.0 Å². The van der Waals surface area contributed by atoms with Crippen molar-refractivity contribution in [2.24, 2.45) is 5.41 Å². The van der Waals surface area contributed by atoms with Gasteiger partial charge in [0.2, 0.25) is 5.91 Å². The Balaban J connectivity index is 1.68. The molecule has 0 saturated carbocycles. The van der Waals surface area contributed by atoms with E-state index >= 15 is 0 Å². The third-order valence-corrected chi connectivity index (χ3v) is 7.88. The van der Waals surface area contributed by atoms with Crippen LogP contribution in [0.4, 0.5) is 4.39 Å². The molecule has 1 fully saturated rings. The molecule has 1 aromatic heterocycles. The van der Waals surface area contributed by atoms with Gasteiger partial charge in [0.1, 0.15) is 10.0 Å². The Kier molecular flexibility index (Phi) is 5.45. The van der Waals surface area contributed by atoms with Crippen molar-refractivity contribution in [1.82, 2.24) is 9.62 Å². The molecule has 1 unspecified atom stereocenters. The summed E-state index contributed by atoms with van der Waals surface area (Å²) in [5.41, 5.74) is 0.00465. The van der Waals surface area contributed by atoms with Crippen LogP contribution >= 0.6 is 11.3 Å².